The lowest BCUT2D eigenvalue weighted by Crippen LogP contribution is -2.34. The number of halogens is 1. The molecule has 2 aromatic rings. The Morgan fingerprint density at radius 3 is 2.21 bits per heavy atom. The second kappa shape index (κ2) is 8.95. The third kappa shape index (κ3) is 4.62. The molecule has 9 nitrogen and oxygen atoms in total. The zero-order valence-electron chi connectivity index (χ0n) is 15.1. The molecular formula is C17H16FN3O6S. The quantitative estimate of drug-likeness (QED) is 0.426. The SMILES string of the molecule is COc1cc(C(=O)NC(=S)Nc2cc([N+](=O)[O-])ccc2F)cc(OC)c1OC. The molecule has 0 radical (unpaired) electrons. The van der Waals surface area contributed by atoms with E-state index in [4.69, 9.17) is 26.4 Å². The first-order valence-electron chi connectivity index (χ1n) is 7.67. The summed E-state index contributed by atoms with van der Waals surface area (Å²) in [5, 5.41) is 15.3. The molecule has 0 aliphatic carbocycles. The number of hydrogen-bond donors (Lipinski definition) is 2. The molecule has 0 heterocycles. The number of nitrogens with one attached hydrogen (secondary N) is 2. The Kier molecular flexibility index (Phi) is 6.66. The van der Waals surface area contributed by atoms with Crippen LogP contribution in [0.5, 0.6) is 17.2 Å². The molecule has 0 aliphatic rings. The Hall–Kier alpha value is -3.47. The van der Waals surface area contributed by atoms with Crippen LogP contribution in [-0.2, 0) is 0 Å². The van der Waals surface area contributed by atoms with E-state index in [0.717, 1.165) is 18.2 Å². The van der Waals surface area contributed by atoms with Crippen molar-refractivity contribution in [2.45, 2.75) is 0 Å². The summed E-state index contributed by atoms with van der Waals surface area (Å²) < 4.78 is 29.4. The highest BCUT2D eigenvalue weighted by atomic mass is 32.1. The number of benzene rings is 2. The molecule has 0 aromatic heterocycles. The third-order valence-electron chi connectivity index (χ3n) is 3.56. The van der Waals surface area contributed by atoms with Crippen LogP contribution in [0.25, 0.3) is 0 Å². The fourth-order valence-corrected chi connectivity index (χ4v) is 2.47. The van der Waals surface area contributed by atoms with E-state index in [1.165, 1.54) is 33.5 Å². The van der Waals surface area contributed by atoms with Crippen molar-refractivity contribution >= 4 is 34.6 Å². The number of nitro groups is 1. The van der Waals surface area contributed by atoms with Crippen LogP contribution in [0.2, 0.25) is 0 Å². The maximum absolute atomic E-state index is 13.8. The van der Waals surface area contributed by atoms with Crippen molar-refractivity contribution in [2.75, 3.05) is 26.6 Å². The molecule has 2 aromatic carbocycles. The molecular weight excluding hydrogens is 393 g/mol. The number of methoxy groups -OCH3 is 3. The predicted molar refractivity (Wildman–Crippen MR) is 103 cm³/mol. The lowest BCUT2D eigenvalue weighted by Gasteiger charge is -2.14. The summed E-state index contributed by atoms with van der Waals surface area (Å²) in [7, 11) is 4.22. The van der Waals surface area contributed by atoms with Crippen LogP contribution >= 0.6 is 12.2 Å². The number of non-ortho nitro benzene ring substituents is 1. The van der Waals surface area contributed by atoms with Gasteiger partial charge in [-0.1, -0.05) is 0 Å². The smallest absolute Gasteiger partial charge is 0.271 e. The van der Waals surface area contributed by atoms with Gasteiger partial charge in [0, 0.05) is 17.7 Å². The minimum absolute atomic E-state index is 0.137. The molecule has 2 N–H and O–H groups in total. The molecule has 28 heavy (non-hydrogen) atoms. The van der Waals surface area contributed by atoms with Gasteiger partial charge in [-0.15, -0.1) is 0 Å². The van der Waals surface area contributed by atoms with Crippen LogP contribution in [0.3, 0.4) is 0 Å². The summed E-state index contributed by atoms with van der Waals surface area (Å²) in [5.41, 5.74) is -0.440. The number of rotatable bonds is 6. The number of anilines is 1. The lowest BCUT2D eigenvalue weighted by atomic mass is 10.1. The van der Waals surface area contributed by atoms with E-state index in [0.29, 0.717) is 5.75 Å². The topological polar surface area (TPSA) is 112 Å². The first-order valence-corrected chi connectivity index (χ1v) is 8.07. The average Bonchev–Trinajstić information content (AvgIpc) is 2.67. The maximum atomic E-state index is 13.8. The number of thiocarbonyl (C=S) groups is 1. The minimum Gasteiger partial charge on any atom is -0.493 e. The van der Waals surface area contributed by atoms with Gasteiger partial charge in [-0.2, -0.15) is 0 Å². The molecule has 0 unspecified atom stereocenters. The van der Waals surface area contributed by atoms with Crippen molar-refractivity contribution in [3.05, 3.63) is 51.8 Å². The van der Waals surface area contributed by atoms with Crippen molar-refractivity contribution in [3.63, 3.8) is 0 Å². The third-order valence-corrected chi connectivity index (χ3v) is 3.77. The Labute approximate surface area is 164 Å². The summed E-state index contributed by atoms with van der Waals surface area (Å²) in [6.07, 6.45) is 0. The summed E-state index contributed by atoms with van der Waals surface area (Å²) >= 11 is 4.99. The number of carbonyl (C=O) groups excluding carboxylic acids is 1. The largest absolute Gasteiger partial charge is 0.493 e. The van der Waals surface area contributed by atoms with E-state index in [-0.39, 0.29) is 33.5 Å². The Morgan fingerprint density at radius 2 is 1.71 bits per heavy atom. The van der Waals surface area contributed by atoms with Gasteiger partial charge < -0.3 is 19.5 Å². The van der Waals surface area contributed by atoms with Gasteiger partial charge in [-0.3, -0.25) is 20.2 Å². The summed E-state index contributed by atoms with van der Waals surface area (Å²) in [6.45, 7) is 0. The lowest BCUT2D eigenvalue weighted by molar-refractivity contribution is -0.384. The summed E-state index contributed by atoms with van der Waals surface area (Å²) in [5.74, 6) is -0.579. The first-order chi connectivity index (χ1) is 13.3. The van der Waals surface area contributed by atoms with Crippen LogP contribution in [0.1, 0.15) is 10.4 Å². The molecule has 0 aliphatic heterocycles. The Morgan fingerprint density at radius 1 is 1.11 bits per heavy atom. The van der Waals surface area contributed by atoms with Gasteiger partial charge in [0.25, 0.3) is 11.6 Å². The first kappa shape index (κ1) is 20.8. The van der Waals surface area contributed by atoms with Gasteiger partial charge in [0.1, 0.15) is 5.82 Å². The second-order valence-corrected chi connectivity index (χ2v) is 5.65. The van der Waals surface area contributed by atoms with Gasteiger partial charge in [-0.05, 0) is 30.4 Å². The summed E-state index contributed by atoms with van der Waals surface area (Å²) in [6, 6.07) is 5.72. The van der Waals surface area contributed by atoms with E-state index >= 15 is 0 Å². The maximum Gasteiger partial charge on any atom is 0.271 e. The number of ether oxygens (including phenoxy) is 3. The number of amides is 1. The molecule has 0 bridgehead atoms. The van der Waals surface area contributed by atoms with Crippen LogP contribution in [0.15, 0.2) is 30.3 Å². The Bertz CT molecular complexity index is 912. The van der Waals surface area contributed by atoms with Crippen molar-refractivity contribution in [1.82, 2.24) is 5.32 Å². The van der Waals surface area contributed by atoms with Crippen LogP contribution in [0.4, 0.5) is 15.8 Å². The summed E-state index contributed by atoms with van der Waals surface area (Å²) in [4.78, 5) is 22.6. The van der Waals surface area contributed by atoms with Gasteiger partial charge in [0.2, 0.25) is 5.75 Å². The predicted octanol–water partition coefficient (Wildman–Crippen LogP) is 2.89. The van der Waals surface area contributed by atoms with E-state index in [2.05, 4.69) is 10.6 Å². The monoisotopic (exact) mass is 409 g/mol. The zero-order chi connectivity index (χ0) is 20.8. The molecule has 1 amide bonds. The van der Waals surface area contributed by atoms with Gasteiger partial charge in [0.15, 0.2) is 16.6 Å². The van der Waals surface area contributed by atoms with E-state index in [1.807, 2.05) is 0 Å². The van der Waals surface area contributed by atoms with Crippen molar-refractivity contribution in [2.24, 2.45) is 0 Å². The van der Waals surface area contributed by atoms with Crippen molar-refractivity contribution < 1.29 is 28.3 Å². The fraction of sp³-hybridized carbons (Fsp3) is 0.176. The van der Waals surface area contributed by atoms with E-state index in [1.54, 1.807) is 0 Å². The molecule has 2 rings (SSSR count). The van der Waals surface area contributed by atoms with Crippen LogP contribution < -0.4 is 24.8 Å². The number of nitrogens with zero attached hydrogens (tertiary/aromatic N) is 1. The number of nitro benzene ring substituents is 1. The van der Waals surface area contributed by atoms with Gasteiger partial charge in [0.05, 0.1) is 31.9 Å². The standard InChI is InChI=1S/C17H16FN3O6S/c1-25-13-6-9(7-14(26-2)15(13)27-3)16(22)20-17(28)19-12-8-10(21(23)24)4-5-11(12)18/h4-8H,1-3H3,(H2,19,20,22,28). The molecule has 148 valence electrons. The van der Waals surface area contributed by atoms with Crippen molar-refractivity contribution in [1.29, 1.82) is 0 Å². The van der Waals surface area contributed by atoms with E-state index in [9.17, 15) is 19.3 Å². The molecule has 11 heteroatoms. The van der Waals surface area contributed by atoms with Gasteiger partial charge in [-0.25, -0.2) is 4.39 Å². The normalized spacial score (nSPS) is 10.0. The average molecular weight is 409 g/mol. The highest BCUT2D eigenvalue weighted by Gasteiger charge is 2.18. The van der Waals surface area contributed by atoms with Crippen molar-refractivity contribution in [3.8, 4) is 17.2 Å². The molecule has 0 atom stereocenters. The fourth-order valence-electron chi connectivity index (χ4n) is 2.26. The highest BCUT2D eigenvalue weighted by molar-refractivity contribution is 7.80. The molecule has 0 fully saturated rings. The van der Waals surface area contributed by atoms with Crippen LogP contribution in [0, 0.1) is 15.9 Å². The number of hydrogen-bond acceptors (Lipinski definition) is 7. The molecule has 0 saturated heterocycles. The molecule has 0 saturated carbocycles. The Balaban J connectivity index is 2.20. The van der Waals surface area contributed by atoms with Crippen LogP contribution in [-0.4, -0.2) is 37.3 Å². The zero-order valence-corrected chi connectivity index (χ0v) is 15.9. The minimum atomic E-state index is -0.769. The van der Waals surface area contributed by atoms with E-state index < -0.39 is 16.6 Å². The molecule has 0 spiro atoms. The highest BCUT2D eigenvalue weighted by Crippen LogP contribution is 2.38. The second-order valence-electron chi connectivity index (χ2n) is 5.24. The van der Waals surface area contributed by atoms with Gasteiger partial charge >= 0.3 is 0 Å². The number of carbonyl (C=O) groups is 1.